The van der Waals surface area contributed by atoms with Gasteiger partial charge in [0.15, 0.2) is 0 Å². The van der Waals surface area contributed by atoms with Crippen molar-refractivity contribution in [2.24, 2.45) is 5.73 Å². The predicted molar refractivity (Wildman–Crippen MR) is 55.5 cm³/mol. The van der Waals surface area contributed by atoms with E-state index >= 15 is 0 Å². The lowest BCUT2D eigenvalue weighted by Crippen LogP contribution is -2.32. The van der Waals surface area contributed by atoms with Crippen LogP contribution >= 0.6 is 11.6 Å². The summed E-state index contributed by atoms with van der Waals surface area (Å²) in [5.74, 6) is -0.996. The number of halogens is 1. The van der Waals surface area contributed by atoms with Gasteiger partial charge in [0.25, 0.3) is 0 Å². The van der Waals surface area contributed by atoms with E-state index in [0.717, 1.165) is 11.1 Å². The Labute approximate surface area is 87.5 Å². The molecule has 76 valence electrons. The smallest absolute Gasteiger partial charge is 0.320 e. The number of aryl methyl sites for hydroxylation is 1. The zero-order chi connectivity index (χ0) is 10.7. The minimum absolute atomic E-state index is 0.307. The van der Waals surface area contributed by atoms with E-state index in [-0.39, 0.29) is 0 Å². The molecule has 0 amide bonds. The first-order chi connectivity index (χ1) is 6.50. The van der Waals surface area contributed by atoms with Crippen molar-refractivity contribution >= 4 is 17.6 Å². The van der Waals surface area contributed by atoms with Gasteiger partial charge in [-0.15, -0.1) is 0 Å². The van der Waals surface area contributed by atoms with E-state index in [1.165, 1.54) is 0 Å². The van der Waals surface area contributed by atoms with Gasteiger partial charge in [-0.25, -0.2) is 0 Å². The van der Waals surface area contributed by atoms with E-state index < -0.39 is 12.0 Å². The monoisotopic (exact) mass is 213 g/mol. The molecule has 1 aromatic rings. The number of benzene rings is 1. The summed E-state index contributed by atoms with van der Waals surface area (Å²) in [5, 5.41) is 9.25. The number of carboxylic acids is 1. The average molecular weight is 214 g/mol. The summed E-state index contributed by atoms with van der Waals surface area (Å²) < 4.78 is 0. The maximum Gasteiger partial charge on any atom is 0.320 e. The first kappa shape index (κ1) is 11.0. The summed E-state index contributed by atoms with van der Waals surface area (Å²) >= 11 is 5.79. The van der Waals surface area contributed by atoms with Crippen molar-refractivity contribution in [1.82, 2.24) is 0 Å². The fourth-order valence-electron chi connectivity index (χ4n) is 1.18. The lowest BCUT2D eigenvalue weighted by molar-refractivity contribution is -0.138. The van der Waals surface area contributed by atoms with Gasteiger partial charge in [0.05, 0.1) is 0 Å². The summed E-state index contributed by atoms with van der Waals surface area (Å²) in [5.41, 5.74) is 7.31. The van der Waals surface area contributed by atoms with Gasteiger partial charge in [-0.05, 0) is 36.6 Å². The van der Waals surface area contributed by atoms with Gasteiger partial charge in [-0.3, -0.25) is 4.79 Å². The topological polar surface area (TPSA) is 63.3 Å². The normalized spacial score (nSPS) is 12.5. The van der Waals surface area contributed by atoms with Gasteiger partial charge in [0, 0.05) is 5.02 Å². The van der Waals surface area contributed by atoms with E-state index in [0.29, 0.717) is 11.4 Å². The van der Waals surface area contributed by atoms with Crippen molar-refractivity contribution in [3.63, 3.8) is 0 Å². The maximum atomic E-state index is 10.5. The van der Waals surface area contributed by atoms with Gasteiger partial charge in [0.2, 0.25) is 0 Å². The highest BCUT2D eigenvalue weighted by molar-refractivity contribution is 6.30. The molecule has 0 aliphatic carbocycles. The van der Waals surface area contributed by atoms with Crippen molar-refractivity contribution in [3.05, 3.63) is 34.3 Å². The molecule has 0 aromatic heterocycles. The Bertz CT molecular complexity index is 352. The van der Waals surface area contributed by atoms with Crippen LogP contribution in [-0.2, 0) is 11.2 Å². The Morgan fingerprint density at radius 1 is 1.64 bits per heavy atom. The second-order valence-electron chi connectivity index (χ2n) is 3.22. The number of hydrogen-bond donors (Lipinski definition) is 2. The standard InChI is InChI=1S/C10H12ClNO2/c1-6-2-3-8(11)4-7(6)5-9(12)10(13)14/h2-4,9H,5,12H2,1H3,(H,13,14). The zero-order valence-electron chi connectivity index (χ0n) is 7.83. The van der Waals surface area contributed by atoms with Crippen molar-refractivity contribution in [2.45, 2.75) is 19.4 Å². The number of rotatable bonds is 3. The van der Waals surface area contributed by atoms with Crippen molar-refractivity contribution in [3.8, 4) is 0 Å². The van der Waals surface area contributed by atoms with E-state index in [1.807, 2.05) is 13.0 Å². The van der Waals surface area contributed by atoms with Crippen molar-refractivity contribution in [1.29, 1.82) is 0 Å². The first-order valence-corrected chi connectivity index (χ1v) is 4.62. The van der Waals surface area contributed by atoms with E-state index in [1.54, 1.807) is 12.1 Å². The molecule has 0 aliphatic rings. The maximum absolute atomic E-state index is 10.5. The molecule has 1 unspecified atom stereocenters. The minimum Gasteiger partial charge on any atom is -0.480 e. The molecule has 0 bridgehead atoms. The molecule has 0 aliphatic heterocycles. The molecule has 0 saturated heterocycles. The Morgan fingerprint density at radius 3 is 2.86 bits per heavy atom. The molecular formula is C10H12ClNO2. The van der Waals surface area contributed by atoms with E-state index in [4.69, 9.17) is 22.4 Å². The number of aliphatic carboxylic acids is 1. The third-order valence-electron chi connectivity index (χ3n) is 2.07. The molecule has 0 saturated carbocycles. The first-order valence-electron chi connectivity index (χ1n) is 4.24. The van der Waals surface area contributed by atoms with Crippen LogP contribution in [0.5, 0.6) is 0 Å². The van der Waals surface area contributed by atoms with Crippen LogP contribution in [0.25, 0.3) is 0 Å². The van der Waals surface area contributed by atoms with Crippen LogP contribution < -0.4 is 5.73 Å². The van der Waals surface area contributed by atoms with Crippen LogP contribution in [-0.4, -0.2) is 17.1 Å². The van der Waals surface area contributed by atoms with Crippen LogP contribution in [0.4, 0.5) is 0 Å². The Kier molecular flexibility index (Phi) is 3.49. The fraction of sp³-hybridized carbons (Fsp3) is 0.300. The SMILES string of the molecule is Cc1ccc(Cl)cc1CC(N)C(=O)O. The molecule has 4 heteroatoms. The van der Waals surface area contributed by atoms with Crippen LogP contribution in [0.15, 0.2) is 18.2 Å². The highest BCUT2D eigenvalue weighted by Crippen LogP contribution is 2.16. The highest BCUT2D eigenvalue weighted by Gasteiger charge is 2.13. The van der Waals surface area contributed by atoms with Gasteiger partial charge in [-0.1, -0.05) is 17.7 Å². The summed E-state index contributed by atoms with van der Waals surface area (Å²) in [6.45, 7) is 1.90. The Morgan fingerprint density at radius 2 is 2.29 bits per heavy atom. The fourth-order valence-corrected chi connectivity index (χ4v) is 1.38. The third kappa shape index (κ3) is 2.72. The van der Waals surface area contributed by atoms with Gasteiger partial charge < -0.3 is 10.8 Å². The molecule has 1 atom stereocenters. The lowest BCUT2D eigenvalue weighted by atomic mass is 10.0. The van der Waals surface area contributed by atoms with Crippen LogP contribution in [0.1, 0.15) is 11.1 Å². The van der Waals surface area contributed by atoms with Gasteiger partial charge >= 0.3 is 5.97 Å². The van der Waals surface area contributed by atoms with Crippen LogP contribution in [0, 0.1) is 6.92 Å². The predicted octanol–water partition coefficient (Wildman–Crippen LogP) is 1.60. The highest BCUT2D eigenvalue weighted by atomic mass is 35.5. The quantitative estimate of drug-likeness (QED) is 0.802. The van der Waals surface area contributed by atoms with E-state index in [9.17, 15) is 4.79 Å². The molecule has 1 rings (SSSR count). The lowest BCUT2D eigenvalue weighted by Gasteiger charge is -2.09. The van der Waals surface area contributed by atoms with E-state index in [2.05, 4.69) is 0 Å². The summed E-state index contributed by atoms with van der Waals surface area (Å²) in [7, 11) is 0. The minimum atomic E-state index is -0.996. The molecule has 0 heterocycles. The zero-order valence-corrected chi connectivity index (χ0v) is 8.58. The second-order valence-corrected chi connectivity index (χ2v) is 3.66. The summed E-state index contributed by atoms with van der Waals surface area (Å²) in [6, 6.07) is 4.51. The number of carboxylic acid groups (broad SMARTS) is 1. The van der Waals surface area contributed by atoms with Crippen LogP contribution in [0.2, 0.25) is 5.02 Å². The third-order valence-corrected chi connectivity index (χ3v) is 2.30. The summed E-state index contributed by atoms with van der Waals surface area (Å²) in [6.07, 6.45) is 0.307. The second kappa shape index (κ2) is 4.44. The van der Waals surface area contributed by atoms with Crippen molar-refractivity contribution < 1.29 is 9.90 Å². The molecule has 14 heavy (non-hydrogen) atoms. The number of hydrogen-bond acceptors (Lipinski definition) is 2. The molecule has 0 spiro atoms. The van der Waals surface area contributed by atoms with Crippen LogP contribution in [0.3, 0.4) is 0 Å². The molecule has 0 fully saturated rings. The average Bonchev–Trinajstić information content (AvgIpc) is 2.11. The Balaban J connectivity index is 2.85. The molecule has 3 N–H and O–H groups in total. The van der Waals surface area contributed by atoms with Crippen molar-refractivity contribution in [2.75, 3.05) is 0 Å². The number of carbonyl (C=O) groups is 1. The number of nitrogens with two attached hydrogens (primary N) is 1. The largest absolute Gasteiger partial charge is 0.480 e. The molecule has 0 radical (unpaired) electrons. The summed E-state index contributed by atoms with van der Waals surface area (Å²) in [4.78, 5) is 10.5. The van der Waals surface area contributed by atoms with Gasteiger partial charge in [0.1, 0.15) is 6.04 Å². The van der Waals surface area contributed by atoms with Gasteiger partial charge in [-0.2, -0.15) is 0 Å². The molecule has 1 aromatic carbocycles. The Hall–Kier alpha value is -1.06. The molecule has 3 nitrogen and oxygen atoms in total. The molecular weight excluding hydrogens is 202 g/mol.